The standard InChI is InChI=1S/C10H18O4/c1-5-4-6(11)7(12)9-8(5)13-10(2,3)14-9/h5-9,11-12H,4H2,1-3H3/t5-,6-,7+,8+,9-/m0/s1. The summed E-state index contributed by atoms with van der Waals surface area (Å²) < 4.78 is 11.3. The molecular weight excluding hydrogens is 184 g/mol. The van der Waals surface area contributed by atoms with Crippen molar-refractivity contribution in [3.05, 3.63) is 0 Å². The van der Waals surface area contributed by atoms with Crippen LogP contribution >= 0.6 is 0 Å². The fraction of sp³-hybridized carbons (Fsp3) is 1.00. The Labute approximate surface area is 83.8 Å². The van der Waals surface area contributed by atoms with Crippen molar-refractivity contribution in [2.75, 3.05) is 0 Å². The Kier molecular flexibility index (Phi) is 2.34. The predicted molar refractivity (Wildman–Crippen MR) is 49.6 cm³/mol. The van der Waals surface area contributed by atoms with E-state index in [-0.39, 0.29) is 18.1 Å². The summed E-state index contributed by atoms with van der Waals surface area (Å²) in [6, 6.07) is 0. The van der Waals surface area contributed by atoms with Gasteiger partial charge in [-0.1, -0.05) is 6.92 Å². The maximum atomic E-state index is 9.74. The molecule has 2 aliphatic rings. The van der Waals surface area contributed by atoms with Gasteiger partial charge in [-0.2, -0.15) is 0 Å². The number of aliphatic hydroxyl groups is 2. The minimum Gasteiger partial charge on any atom is -0.390 e. The minimum atomic E-state index is -0.821. The molecule has 0 spiro atoms. The first kappa shape index (κ1) is 10.4. The minimum absolute atomic E-state index is 0.0941. The van der Waals surface area contributed by atoms with E-state index in [4.69, 9.17) is 9.47 Å². The van der Waals surface area contributed by atoms with Crippen LogP contribution in [0.4, 0.5) is 0 Å². The van der Waals surface area contributed by atoms with Gasteiger partial charge in [0.25, 0.3) is 0 Å². The molecule has 4 nitrogen and oxygen atoms in total. The average Bonchev–Trinajstić information content (AvgIpc) is 2.38. The lowest BCUT2D eigenvalue weighted by atomic mass is 9.82. The zero-order valence-electron chi connectivity index (χ0n) is 8.80. The summed E-state index contributed by atoms with van der Waals surface area (Å²) >= 11 is 0. The zero-order valence-corrected chi connectivity index (χ0v) is 8.80. The summed E-state index contributed by atoms with van der Waals surface area (Å²) in [5.41, 5.74) is 0. The van der Waals surface area contributed by atoms with E-state index < -0.39 is 18.0 Å². The third-order valence-corrected chi connectivity index (χ3v) is 3.07. The molecule has 4 heteroatoms. The van der Waals surface area contributed by atoms with Crippen LogP contribution in [0, 0.1) is 5.92 Å². The largest absolute Gasteiger partial charge is 0.390 e. The molecule has 82 valence electrons. The van der Waals surface area contributed by atoms with E-state index in [2.05, 4.69) is 0 Å². The fourth-order valence-corrected chi connectivity index (χ4v) is 2.39. The van der Waals surface area contributed by atoms with Crippen LogP contribution in [-0.4, -0.2) is 40.4 Å². The predicted octanol–water partition coefficient (Wildman–Crippen LogP) is 0.268. The summed E-state index contributed by atoms with van der Waals surface area (Å²) in [6.45, 7) is 5.67. The Bertz CT molecular complexity index is 228. The van der Waals surface area contributed by atoms with Gasteiger partial charge in [0.15, 0.2) is 5.79 Å². The number of hydrogen-bond acceptors (Lipinski definition) is 4. The second kappa shape index (κ2) is 3.17. The number of rotatable bonds is 0. The lowest BCUT2D eigenvalue weighted by molar-refractivity contribution is -0.159. The molecule has 14 heavy (non-hydrogen) atoms. The van der Waals surface area contributed by atoms with E-state index in [1.807, 2.05) is 20.8 Å². The van der Waals surface area contributed by atoms with Crippen LogP contribution in [0.5, 0.6) is 0 Å². The number of fused-ring (bicyclic) bond motifs is 1. The normalized spacial score (nSPS) is 51.6. The second-order valence-corrected chi connectivity index (χ2v) is 4.84. The highest BCUT2D eigenvalue weighted by atomic mass is 16.8. The molecule has 1 saturated heterocycles. The van der Waals surface area contributed by atoms with Crippen molar-refractivity contribution in [1.82, 2.24) is 0 Å². The molecule has 0 radical (unpaired) electrons. The summed E-state index contributed by atoms with van der Waals surface area (Å²) in [4.78, 5) is 0. The monoisotopic (exact) mass is 202 g/mol. The summed E-state index contributed by atoms with van der Waals surface area (Å²) in [6.07, 6.45) is -1.42. The zero-order chi connectivity index (χ0) is 10.5. The van der Waals surface area contributed by atoms with Crippen molar-refractivity contribution >= 4 is 0 Å². The smallest absolute Gasteiger partial charge is 0.163 e. The quantitative estimate of drug-likeness (QED) is 0.592. The molecule has 2 rings (SSSR count). The third kappa shape index (κ3) is 1.56. The van der Waals surface area contributed by atoms with Crippen LogP contribution in [0.1, 0.15) is 27.2 Å². The SMILES string of the molecule is C[C@H]1C[C@H](O)[C@@H](O)[C@@H]2OC(C)(C)O[C@@H]21. The highest BCUT2D eigenvalue weighted by Gasteiger charge is 2.52. The molecule has 0 aromatic carbocycles. The van der Waals surface area contributed by atoms with Gasteiger partial charge in [-0.3, -0.25) is 0 Å². The van der Waals surface area contributed by atoms with Gasteiger partial charge in [0.2, 0.25) is 0 Å². The van der Waals surface area contributed by atoms with Gasteiger partial charge < -0.3 is 19.7 Å². The highest BCUT2D eigenvalue weighted by Crippen LogP contribution is 2.39. The summed E-state index contributed by atoms with van der Waals surface area (Å²) in [5, 5.41) is 19.3. The Hall–Kier alpha value is -0.160. The van der Waals surface area contributed by atoms with E-state index in [1.54, 1.807) is 0 Å². The Morgan fingerprint density at radius 2 is 1.71 bits per heavy atom. The Balaban J connectivity index is 2.18. The first-order valence-corrected chi connectivity index (χ1v) is 5.12. The van der Waals surface area contributed by atoms with Crippen LogP contribution in [0.25, 0.3) is 0 Å². The van der Waals surface area contributed by atoms with Gasteiger partial charge in [-0.15, -0.1) is 0 Å². The van der Waals surface area contributed by atoms with Crippen LogP contribution in [0.3, 0.4) is 0 Å². The molecule has 0 aromatic heterocycles. The van der Waals surface area contributed by atoms with E-state index in [9.17, 15) is 10.2 Å². The second-order valence-electron chi connectivity index (χ2n) is 4.84. The van der Waals surface area contributed by atoms with Crippen LogP contribution in [0.2, 0.25) is 0 Å². The van der Waals surface area contributed by atoms with Crippen LogP contribution in [-0.2, 0) is 9.47 Å². The molecular formula is C10H18O4. The van der Waals surface area contributed by atoms with Gasteiger partial charge >= 0.3 is 0 Å². The molecule has 0 bridgehead atoms. The first-order chi connectivity index (χ1) is 6.41. The van der Waals surface area contributed by atoms with Crippen molar-refractivity contribution in [3.63, 3.8) is 0 Å². The van der Waals surface area contributed by atoms with E-state index in [0.29, 0.717) is 6.42 Å². The molecule has 0 amide bonds. The molecule has 5 atom stereocenters. The van der Waals surface area contributed by atoms with E-state index in [1.165, 1.54) is 0 Å². The molecule has 1 heterocycles. The maximum Gasteiger partial charge on any atom is 0.163 e. The lowest BCUT2D eigenvalue weighted by Gasteiger charge is -2.35. The van der Waals surface area contributed by atoms with Crippen molar-refractivity contribution in [1.29, 1.82) is 0 Å². The molecule has 0 unspecified atom stereocenters. The van der Waals surface area contributed by atoms with Gasteiger partial charge in [0, 0.05) is 0 Å². The van der Waals surface area contributed by atoms with Crippen molar-refractivity contribution in [3.8, 4) is 0 Å². The van der Waals surface area contributed by atoms with Crippen molar-refractivity contribution in [2.45, 2.75) is 57.4 Å². The number of ether oxygens (including phenoxy) is 2. The summed E-state index contributed by atoms with van der Waals surface area (Å²) in [7, 11) is 0. The van der Waals surface area contributed by atoms with Gasteiger partial charge in [-0.25, -0.2) is 0 Å². The van der Waals surface area contributed by atoms with Crippen LogP contribution < -0.4 is 0 Å². The summed E-state index contributed by atoms with van der Waals surface area (Å²) in [5.74, 6) is -0.422. The average molecular weight is 202 g/mol. The molecule has 1 saturated carbocycles. The number of aliphatic hydroxyl groups excluding tert-OH is 2. The lowest BCUT2D eigenvalue weighted by Crippen LogP contribution is -2.51. The first-order valence-electron chi connectivity index (χ1n) is 5.12. The molecule has 1 aliphatic carbocycles. The fourth-order valence-electron chi connectivity index (χ4n) is 2.39. The van der Waals surface area contributed by atoms with Gasteiger partial charge in [-0.05, 0) is 26.2 Å². The van der Waals surface area contributed by atoms with Gasteiger partial charge in [0.1, 0.15) is 12.2 Å². The van der Waals surface area contributed by atoms with Crippen molar-refractivity contribution < 1.29 is 19.7 Å². The Morgan fingerprint density at radius 1 is 1.14 bits per heavy atom. The van der Waals surface area contributed by atoms with E-state index in [0.717, 1.165) is 0 Å². The number of hydrogen-bond donors (Lipinski definition) is 2. The topological polar surface area (TPSA) is 58.9 Å². The molecule has 2 fully saturated rings. The van der Waals surface area contributed by atoms with Crippen LogP contribution in [0.15, 0.2) is 0 Å². The Morgan fingerprint density at radius 3 is 2.36 bits per heavy atom. The maximum absolute atomic E-state index is 9.74. The van der Waals surface area contributed by atoms with Crippen molar-refractivity contribution in [2.24, 2.45) is 5.92 Å². The molecule has 2 N–H and O–H groups in total. The van der Waals surface area contributed by atoms with Gasteiger partial charge in [0.05, 0.1) is 12.2 Å². The third-order valence-electron chi connectivity index (χ3n) is 3.07. The highest BCUT2D eigenvalue weighted by molar-refractivity contribution is 4.97. The molecule has 0 aromatic rings. The molecule has 1 aliphatic heterocycles. The van der Waals surface area contributed by atoms with E-state index >= 15 is 0 Å².